The number of aliphatic hydroxyl groups is 1. The van der Waals surface area contributed by atoms with Gasteiger partial charge in [0.2, 0.25) is 11.8 Å². The smallest absolute Gasteiger partial charge is 0.251 e. The summed E-state index contributed by atoms with van der Waals surface area (Å²) >= 11 is 5.43. The Kier molecular flexibility index (Phi) is 9.63. The Morgan fingerprint density at radius 2 is 1.73 bits per heavy atom. The minimum atomic E-state index is -0.850. The first-order chi connectivity index (χ1) is 21.1. The molecule has 0 saturated carbocycles. The average Bonchev–Trinajstić information content (AvgIpc) is 3.59. The molecule has 3 amide bonds. The van der Waals surface area contributed by atoms with E-state index in [1.165, 1.54) is 4.90 Å². The van der Waals surface area contributed by atoms with E-state index in [1.54, 1.807) is 33.7 Å². The lowest BCUT2D eigenvalue weighted by molar-refractivity contribution is -0.139. The van der Waals surface area contributed by atoms with Crippen LogP contribution in [0.3, 0.4) is 0 Å². The van der Waals surface area contributed by atoms with Crippen LogP contribution < -0.4 is 14.5 Å². The van der Waals surface area contributed by atoms with Gasteiger partial charge < -0.3 is 24.5 Å². The normalized spacial score (nSPS) is 26.8. The number of hydrogen-bond acceptors (Lipinski definition) is 6. The molecule has 0 aliphatic carbocycles. The zero-order valence-corrected chi connectivity index (χ0v) is 27.9. The van der Waals surface area contributed by atoms with Crippen LogP contribution in [0.4, 0.5) is 11.4 Å². The molecule has 2 bridgehead atoms. The number of halogens is 1. The van der Waals surface area contributed by atoms with Gasteiger partial charge in [-0.25, -0.2) is 0 Å². The lowest BCUT2D eigenvalue weighted by atomic mass is 9.70. The van der Waals surface area contributed by atoms with Crippen molar-refractivity contribution in [2.75, 3.05) is 42.6 Å². The van der Waals surface area contributed by atoms with Gasteiger partial charge in [-0.3, -0.25) is 14.4 Å². The maximum absolute atomic E-state index is 14.8. The Morgan fingerprint density at radius 1 is 1.09 bits per heavy atom. The summed E-state index contributed by atoms with van der Waals surface area (Å²) in [5.74, 6) is -1.32. The highest BCUT2D eigenvalue weighted by atomic mass is 79.9. The standard InChI is InChI=1S/C34H40BrN3O5S/c1-6-16-36(23-12-14-24(15-13-23)43-8-3)31(40)26-27-32(41)38(18-19-39)30(34(27)20-25(35)29(26)44-34)33(42)37(17-7-2)28-21(4)10-9-11-22(28)5/h6-7,9-15,25-27,29-30,39H,1-2,8,16-20H2,3-5H3/t25?,26-,27-,29-,30?,34?/m0/s1. The maximum Gasteiger partial charge on any atom is 0.251 e. The van der Waals surface area contributed by atoms with Crippen molar-refractivity contribution >= 4 is 56.8 Å². The highest BCUT2D eigenvalue weighted by Crippen LogP contribution is 2.68. The van der Waals surface area contributed by atoms with Crippen molar-refractivity contribution in [3.63, 3.8) is 0 Å². The number of anilines is 2. The van der Waals surface area contributed by atoms with Crippen LogP contribution in [0, 0.1) is 25.7 Å². The van der Waals surface area contributed by atoms with Gasteiger partial charge in [0.1, 0.15) is 11.8 Å². The summed E-state index contributed by atoms with van der Waals surface area (Å²) < 4.78 is 4.76. The minimum absolute atomic E-state index is 0.0104. The van der Waals surface area contributed by atoms with Crippen molar-refractivity contribution in [2.24, 2.45) is 11.8 Å². The summed E-state index contributed by atoms with van der Waals surface area (Å²) in [6.45, 7) is 14.4. The van der Waals surface area contributed by atoms with Gasteiger partial charge in [-0.1, -0.05) is 46.3 Å². The second-order valence-corrected chi connectivity index (χ2v) is 14.3. The number of thioether (sulfide) groups is 1. The Bertz CT molecular complexity index is 1430. The third kappa shape index (κ3) is 5.28. The van der Waals surface area contributed by atoms with Crippen molar-refractivity contribution in [2.45, 2.75) is 48.1 Å². The van der Waals surface area contributed by atoms with Gasteiger partial charge in [-0.2, -0.15) is 0 Å². The minimum Gasteiger partial charge on any atom is -0.494 e. The highest BCUT2D eigenvalue weighted by molar-refractivity contribution is 9.09. The van der Waals surface area contributed by atoms with E-state index in [0.717, 1.165) is 16.8 Å². The molecular weight excluding hydrogens is 642 g/mol. The molecule has 8 nitrogen and oxygen atoms in total. The predicted molar refractivity (Wildman–Crippen MR) is 180 cm³/mol. The van der Waals surface area contributed by atoms with Crippen LogP contribution in [0.15, 0.2) is 67.8 Å². The number of aryl methyl sites for hydroxylation is 2. The van der Waals surface area contributed by atoms with Crippen molar-refractivity contribution in [3.8, 4) is 5.75 Å². The Labute approximate surface area is 272 Å². The number of alkyl halides is 1. The Hall–Kier alpha value is -3.08. The molecule has 3 heterocycles. The molecule has 0 aromatic heterocycles. The largest absolute Gasteiger partial charge is 0.494 e. The first kappa shape index (κ1) is 32.3. The summed E-state index contributed by atoms with van der Waals surface area (Å²) in [6, 6.07) is 12.4. The van der Waals surface area contributed by atoms with E-state index in [2.05, 4.69) is 29.1 Å². The van der Waals surface area contributed by atoms with Crippen LogP contribution in [0.25, 0.3) is 0 Å². The van der Waals surface area contributed by atoms with Crippen LogP contribution in [0.2, 0.25) is 0 Å². The van der Waals surface area contributed by atoms with E-state index in [0.29, 0.717) is 24.5 Å². The van der Waals surface area contributed by atoms with Gasteiger partial charge in [0, 0.05) is 41.1 Å². The number of fused-ring (bicyclic) bond motifs is 1. The molecule has 3 aliphatic heterocycles. The maximum atomic E-state index is 14.8. The molecule has 3 aliphatic rings. The van der Waals surface area contributed by atoms with Gasteiger partial charge in [0.15, 0.2) is 0 Å². The second-order valence-electron chi connectivity index (χ2n) is 11.6. The topological polar surface area (TPSA) is 90.4 Å². The van der Waals surface area contributed by atoms with E-state index in [1.807, 2.05) is 63.2 Å². The Morgan fingerprint density at radius 3 is 2.32 bits per heavy atom. The number of carbonyl (C=O) groups is 3. The molecule has 3 unspecified atom stereocenters. The van der Waals surface area contributed by atoms with Crippen LogP contribution >= 0.6 is 27.7 Å². The number of hydrogen-bond donors (Lipinski definition) is 1. The molecule has 2 aromatic rings. The van der Waals surface area contributed by atoms with Crippen molar-refractivity contribution in [1.29, 1.82) is 0 Å². The number of benzene rings is 2. The molecule has 6 atom stereocenters. The van der Waals surface area contributed by atoms with E-state index in [4.69, 9.17) is 4.74 Å². The molecule has 5 rings (SSSR count). The molecule has 1 spiro atoms. The van der Waals surface area contributed by atoms with Gasteiger partial charge in [0.05, 0.1) is 29.8 Å². The first-order valence-corrected chi connectivity index (χ1v) is 16.8. The summed E-state index contributed by atoms with van der Waals surface area (Å²) in [7, 11) is 0. The lowest BCUT2D eigenvalue weighted by Gasteiger charge is -2.39. The van der Waals surface area contributed by atoms with Gasteiger partial charge >= 0.3 is 0 Å². The van der Waals surface area contributed by atoms with Crippen LogP contribution in [-0.4, -0.2) is 81.4 Å². The average molecular weight is 683 g/mol. The van der Waals surface area contributed by atoms with E-state index in [-0.39, 0.29) is 54.0 Å². The third-order valence-electron chi connectivity index (χ3n) is 8.97. The predicted octanol–water partition coefficient (Wildman–Crippen LogP) is 4.90. The van der Waals surface area contributed by atoms with Crippen LogP contribution in [-0.2, 0) is 14.4 Å². The van der Waals surface area contributed by atoms with Gasteiger partial charge in [-0.05, 0) is 62.6 Å². The second kappa shape index (κ2) is 13.1. The molecule has 3 fully saturated rings. The quantitative estimate of drug-likeness (QED) is 0.253. The number of nitrogens with zero attached hydrogens (tertiary/aromatic N) is 3. The molecule has 10 heteroatoms. The van der Waals surface area contributed by atoms with E-state index >= 15 is 0 Å². The number of aliphatic hydroxyl groups excluding tert-OH is 1. The number of amides is 3. The number of rotatable bonds is 12. The third-order valence-corrected chi connectivity index (χ3v) is 12.2. The monoisotopic (exact) mass is 681 g/mol. The molecule has 0 radical (unpaired) electrons. The molecule has 234 valence electrons. The zero-order valence-electron chi connectivity index (χ0n) is 25.4. The van der Waals surface area contributed by atoms with Gasteiger partial charge in [-0.15, -0.1) is 24.9 Å². The van der Waals surface area contributed by atoms with Crippen LogP contribution in [0.5, 0.6) is 5.75 Å². The lowest BCUT2D eigenvalue weighted by Crippen LogP contribution is -2.56. The SMILES string of the molecule is C=CCN(C(=O)[C@H]1[C@H]2C(=O)N(CCO)C(C(=O)N(CC=C)c3c(C)cccc3C)C23CC(Br)[C@@H]1S3)c1ccc(OCC)cc1. The van der Waals surface area contributed by atoms with Gasteiger partial charge in [0.25, 0.3) is 5.91 Å². The summed E-state index contributed by atoms with van der Waals surface area (Å²) in [5.41, 5.74) is 3.36. The fourth-order valence-corrected chi connectivity index (χ4v) is 11.0. The fourth-order valence-electron chi connectivity index (χ4n) is 7.36. The zero-order chi connectivity index (χ0) is 31.8. The Balaban J connectivity index is 1.57. The summed E-state index contributed by atoms with van der Waals surface area (Å²) in [5, 5.41) is 9.87. The van der Waals surface area contributed by atoms with E-state index < -0.39 is 22.6 Å². The summed E-state index contributed by atoms with van der Waals surface area (Å²) in [4.78, 5) is 48.5. The molecule has 44 heavy (non-hydrogen) atoms. The number of β-amino-alcohol motifs (C(OH)–C–C–N with tert-alkyl or cyclic N) is 1. The number of para-hydroxylation sites is 1. The number of carbonyl (C=O) groups excluding carboxylic acids is 3. The molecule has 2 aromatic carbocycles. The van der Waals surface area contributed by atoms with Crippen molar-refractivity contribution in [3.05, 3.63) is 78.9 Å². The summed E-state index contributed by atoms with van der Waals surface area (Å²) in [6.07, 6.45) is 3.92. The number of likely N-dealkylation sites (tertiary alicyclic amines) is 1. The molecular formula is C34H40BrN3O5S. The molecule has 1 N–H and O–H groups in total. The van der Waals surface area contributed by atoms with Crippen LogP contribution in [0.1, 0.15) is 24.5 Å². The first-order valence-electron chi connectivity index (χ1n) is 15.0. The van der Waals surface area contributed by atoms with Crippen molar-refractivity contribution < 1.29 is 24.2 Å². The fraction of sp³-hybridized carbons (Fsp3) is 0.441. The number of ether oxygens (including phenoxy) is 1. The molecule has 3 saturated heterocycles. The van der Waals surface area contributed by atoms with Crippen molar-refractivity contribution in [1.82, 2.24) is 4.90 Å². The highest BCUT2D eigenvalue weighted by Gasteiger charge is 2.76. The van der Waals surface area contributed by atoms with E-state index in [9.17, 15) is 19.5 Å².